The van der Waals surface area contributed by atoms with Crippen LogP contribution in [0, 0.1) is 11.6 Å². The van der Waals surface area contributed by atoms with E-state index >= 15 is 0 Å². The summed E-state index contributed by atoms with van der Waals surface area (Å²) < 4.78 is 31.5. The largest absolute Gasteiger partial charge is 0.376 e. The Kier molecular flexibility index (Phi) is 7.45. The average Bonchev–Trinajstić information content (AvgIpc) is 2.67. The quantitative estimate of drug-likeness (QED) is 0.312. The number of guanidine groups is 1. The van der Waals surface area contributed by atoms with Crippen molar-refractivity contribution in [2.24, 2.45) is 16.5 Å². The molecule has 1 saturated heterocycles. The van der Waals surface area contributed by atoms with E-state index in [9.17, 15) is 13.6 Å². The van der Waals surface area contributed by atoms with Gasteiger partial charge < -0.3 is 21.5 Å². The number of nitrogens with zero attached hydrogens (tertiary/aromatic N) is 1. The summed E-state index contributed by atoms with van der Waals surface area (Å²) in [5.74, 6) is -1.05. The maximum atomic E-state index is 13.1. The minimum Gasteiger partial charge on any atom is -0.376 e. The molecular formula is C21H25F2N5O2. The first-order chi connectivity index (χ1) is 14.4. The van der Waals surface area contributed by atoms with Crippen LogP contribution in [0.3, 0.4) is 0 Å². The number of hydrogen-bond acceptors (Lipinski definition) is 5. The topological polar surface area (TPSA) is 115 Å². The Bertz CT molecular complexity index is 870. The number of hydrogen-bond donors (Lipinski definition) is 4. The number of amides is 1. The molecule has 0 radical (unpaired) electrons. The van der Waals surface area contributed by atoms with Crippen LogP contribution in [0.5, 0.6) is 0 Å². The summed E-state index contributed by atoms with van der Waals surface area (Å²) in [6.07, 6.45) is 0.586. The molecule has 3 atom stereocenters. The maximum Gasteiger partial charge on any atom is 0.257 e. The fourth-order valence-corrected chi connectivity index (χ4v) is 2.88. The van der Waals surface area contributed by atoms with Crippen molar-refractivity contribution in [2.45, 2.75) is 31.2 Å². The predicted molar refractivity (Wildman–Crippen MR) is 110 cm³/mol. The summed E-state index contributed by atoms with van der Waals surface area (Å²) in [4.78, 5) is 16.8. The van der Waals surface area contributed by atoms with E-state index in [0.29, 0.717) is 19.6 Å². The second-order valence-electron chi connectivity index (χ2n) is 7.08. The van der Waals surface area contributed by atoms with Gasteiger partial charge in [-0.2, -0.15) is 0 Å². The highest BCUT2D eigenvalue weighted by Crippen LogP contribution is 2.15. The van der Waals surface area contributed by atoms with Gasteiger partial charge in [-0.25, -0.2) is 8.78 Å². The minimum absolute atomic E-state index is 0.00206. The Morgan fingerprint density at radius 2 is 1.70 bits per heavy atom. The number of rotatable bonds is 7. The maximum absolute atomic E-state index is 13.1. The number of ether oxygens (including phenoxy) is 1. The highest BCUT2D eigenvalue weighted by molar-refractivity contribution is 6.05. The zero-order valence-electron chi connectivity index (χ0n) is 16.4. The first-order valence-electron chi connectivity index (χ1n) is 9.67. The van der Waals surface area contributed by atoms with Gasteiger partial charge in [-0.05, 0) is 54.8 Å². The van der Waals surface area contributed by atoms with Crippen molar-refractivity contribution in [3.05, 3.63) is 71.3 Å². The minimum atomic E-state index is -0.625. The van der Waals surface area contributed by atoms with E-state index in [1.54, 1.807) is 12.1 Å². The Balaban J connectivity index is 1.62. The van der Waals surface area contributed by atoms with Crippen LogP contribution in [-0.4, -0.2) is 37.3 Å². The fraction of sp³-hybridized carbons (Fsp3) is 0.333. The third-order valence-corrected chi connectivity index (χ3v) is 4.71. The summed E-state index contributed by atoms with van der Waals surface area (Å²) in [7, 11) is 0. The molecule has 0 bridgehead atoms. The van der Waals surface area contributed by atoms with Gasteiger partial charge in [-0.15, -0.1) is 0 Å². The molecule has 3 unspecified atom stereocenters. The Morgan fingerprint density at radius 3 is 2.27 bits per heavy atom. The van der Waals surface area contributed by atoms with Crippen LogP contribution in [0.15, 0.2) is 53.5 Å². The molecule has 3 rings (SSSR count). The third-order valence-electron chi connectivity index (χ3n) is 4.71. The summed E-state index contributed by atoms with van der Waals surface area (Å²) in [5, 5.41) is 5.62. The van der Waals surface area contributed by atoms with Gasteiger partial charge in [-0.1, -0.05) is 12.1 Å². The van der Waals surface area contributed by atoms with Gasteiger partial charge in [0.15, 0.2) is 5.96 Å². The summed E-state index contributed by atoms with van der Waals surface area (Å²) >= 11 is 0. The van der Waals surface area contributed by atoms with Crippen LogP contribution in [0.25, 0.3) is 0 Å². The van der Waals surface area contributed by atoms with Crippen LogP contribution in [0.1, 0.15) is 34.8 Å². The first kappa shape index (κ1) is 21.8. The Hall–Kier alpha value is -2.88. The molecule has 1 aliphatic rings. The number of aliphatic imine (C=N–C) groups is 1. The van der Waals surface area contributed by atoms with Crippen LogP contribution in [0.2, 0.25) is 0 Å². The highest BCUT2D eigenvalue weighted by atomic mass is 19.1. The molecule has 1 heterocycles. The van der Waals surface area contributed by atoms with Gasteiger partial charge in [0.1, 0.15) is 11.6 Å². The van der Waals surface area contributed by atoms with E-state index in [4.69, 9.17) is 16.2 Å². The van der Waals surface area contributed by atoms with E-state index in [1.807, 2.05) is 0 Å². The third kappa shape index (κ3) is 6.31. The second kappa shape index (κ2) is 10.2. The van der Waals surface area contributed by atoms with Crippen LogP contribution in [-0.2, 0) is 4.74 Å². The normalized spacial score (nSPS) is 18.3. The van der Waals surface area contributed by atoms with E-state index in [0.717, 1.165) is 12.0 Å². The molecule has 0 saturated carbocycles. The first-order valence-corrected chi connectivity index (χ1v) is 9.67. The number of halogens is 2. The highest BCUT2D eigenvalue weighted by Gasteiger charge is 2.19. The van der Waals surface area contributed by atoms with Gasteiger partial charge >= 0.3 is 0 Å². The van der Waals surface area contributed by atoms with Crippen LogP contribution >= 0.6 is 0 Å². The second-order valence-corrected chi connectivity index (χ2v) is 7.08. The lowest BCUT2D eigenvalue weighted by molar-refractivity contribution is -0.0433. The van der Waals surface area contributed by atoms with E-state index in [-0.39, 0.29) is 23.4 Å². The molecule has 0 aromatic heterocycles. The van der Waals surface area contributed by atoms with E-state index in [1.165, 1.54) is 36.4 Å². The molecule has 2 aromatic rings. The SMILES string of the molecule is NC(CC(N)c1ccc(F)cc1)NC(=NCC1CCO1)NC(=O)c1ccc(F)cc1. The molecule has 1 aliphatic heterocycles. The molecule has 1 fully saturated rings. The lowest BCUT2D eigenvalue weighted by atomic mass is 10.0. The molecule has 6 N–H and O–H groups in total. The zero-order chi connectivity index (χ0) is 21.5. The van der Waals surface area contributed by atoms with Crippen molar-refractivity contribution in [1.29, 1.82) is 0 Å². The molecule has 0 spiro atoms. The molecule has 0 aliphatic carbocycles. The zero-order valence-corrected chi connectivity index (χ0v) is 16.4. The molecule has 1 amide bonds. The van der Waals surface area contributed by atoms with Crippen molar-refractivity contribution in [3.63, 3.8) is 0 Å². The number of carbonyl (C=O) groups excluding carboxylic acids is 1. The van der Waals surface area contributed by atoms with Gasteiger partial charge in [-0.3, -0.25) is 15.1 Å². The van der Waals surface area contributed by atoms with Crippen molar-refractivity contribution in [1.82, 2.24) is 10.6 Å². The van der Waals surface area contributed by atoms with Crippen molar-refractivity contribution in [3.8, 4) is 0 Å². The van der Waals surface area contributed by atoms with E-state index < -0.39 is 23.9 Å². The van der Waals surface area contributed by atoms with Gasteiger partial charge in [0, 0.05) is 18.2 Å². The van der Waals surface area contributed by atoms with Crippen LogP contribution in [0.4, 0.5) is 8.78 Å². The molecule has 2 aromatic carbocycles. The number of benzene rings is 2. The summed E-state index contributed by atoms with van der Waals surface area (Å²) in [6, 6.07) is 10.6. The smallest absolute Gasteiger partial charge is 0.257 e. The van der Waals surface area contributed by atoms with Crippen molar-refractivity contribution >= 4 is 11.9 Å². The van der Waals surface area contributed by atoms with Crippen molar-refractivity contribution in [2.75, 3.05) is 13.2 Å². The van der Waals surface area contributed by atoms with Crippen molar-refractivity contribution < 1.29 is 18.3 Å². The molecule has 30 heavy (non-hydrogen) atoms. The van der Waals surface area contributed by atoms with Gasteiger partial charge in [0.2, 0.25) is 0 Å². The monoisotopic (exact) mass is 417 g/mol. The average molecular weight is 417 g/mol. The standard InChI is InChI=1S/C21H25F2N5O2/c22-15-5-1-13(2-6-15)18(24)11-19(25)27-21(26-12-17-9-10-30-17)28-20(29)14-3-7-16(23)8-4-14/h1-8,17-19H,9-12,24-25H2,(H2,26,27,28,29). The predicted octanol–water partition coefficient (Wildman–Crippen LogP) is 1.80. The molecular weight excluding hydrogens is 392 g/mol. The van der Waals surface area contributed by atoms with Gasteiger partial charge in [0.05, 0.1) is 18.8 Å². The number of carbonyl (C=O) groups is 1. The summed E-state index contributed by atoms with van der Waals surface area (Å²) in [6.45, 7) is 1.06. The molecule has 9 heteroatoms. The Labute approximate surface area is 173 Å². The lowest BCUT2D eigenvalue weighted by Crippen LogP contribution is -2.50. The van der Waals surface area contributed by atoms with E-state index in [2.05, 4.69) is 15.6 Å². The molecule has 160 valence electrons. The molecule has 7 nitrogen and oxygen atoms in total. The Morgan fingerprint density at radius 1 is 1.10 bits per heavy atom. The number of nitrogens with one attached hydrogen (secondary N) is 2. The lowest BCUT2D eigenvalue weighted by Gasteiger charge is -2.26. The fourth-order valence-electron chi connectivity index (χ4n) is 2.88. The van der Waals surface area contributed by atoms with Gasteiger partial charge in [0.25, 0.3) is 5.91 Å². The number of nitrogens with two attached hydrogens (primary N) is 2. The summed E-state index contributed by atoms with van der Waals surface area (Å²) in [5.41, 5.74) is 13.3. The van der Waals surface area contributed by atoms with Crippen LogP contribution < -0.4 is 22.1 Å².